The zero-order valence-electron chi connectivity index (χ0n) is 13.3. The van der Waals surface area contributed by atoms with Gasteiger partial charge in [0.15, 0.2) is 0 Å². The Morgan fingerprint density at radius 2 is 1.18 bits per heavy atom. The quantitative estimate of drug-likeness (QED) is 0.745. The third kappa shape index (κ3) is 5.83. The molecule has 22 heavy (non-hydrogen) atoms. The van der Waals surface area contributed by atoms with Crippen molar-refractivity contribution in [2.45, 2.75) is 76.4 Å². The maximum Gasteiger partial charge on any atom is 0.311 e. The molecule has 0 amide bonds. The normalized spacial score (nSPS) is 26.4. The summed E-state index contributed by atoms with van der Waals surface area (Å²) in [5, 5.41) is 8.99. The highest BCUT2D eigenvalue weighted by molar-refractivity contribution is 5.70. The lowest BCUT2D eigenvalue weighted by Gasteiger charge is -2.33. The number of carboxylic acids is 1. The first kappa shape index (κ1) is 17.7. The van der Waals surface area contributed by atoms with Crippen LogP contribution in [-0.4, -0.2) is 30.1 Å². The third-order valence-electron chi connectivity index (χ3n) is 4.42. The van der Waals surface area contributed by atoms with Crippen LogP contribution >= 0.6 is 0 Å². The van der Waals surface area contributed by atoms with E-state index in [9.17, 15) is 4.79 Å². The largest absolute Gasteiger partial charge is 0.481 e. The molecule has 0 radical (unpaired) electrons. The number of rotatable bonds is 1. The van der Waals surface area contributed by atoms with E-state index in [2.05, 4.69) is 0 Å². The molecule has 2 aliphatic rings. The van der Waals surface area contributed by atoms with Gasteiger partial charge in [0.1, 0.15) is 5.92 Å². The second-order valence-corrected chi connectivity index (χ2v) is 6.36. The Hall–Kier alpha value is -0.690. The highest BCUT2D eigenvalue weighted by atomic mass is 17.3. The van der Waals surface area contributed by atoms with Crippen LogP contribution < -0.4 is 0 Å². The fraction of sp³-hybridized carbons (Fsp3) is 0.938. The van der Waals surface area contributed by atoms with E-state index in [1.165, 1.54) is 32.1 Å². The average molecular weight is 316 g/mol. The molecule has 1 saturated heterocycles. The maximum atomic E-state index is 11.0. The van der Waals surface area contributed by atoms with Crippen molar-refractivity contribution in [3.8, 4) is 0 Å². The van der Waals surface area contributed by atoms with Gasteiger partial charge in [0, 0.05) is 12.8 Å². The zero-order valence-corrected chi connectivity index (χ0v) is 13.3. The van der Waals surface area contributed by atoms with Crippen LogP contribution in [0.5, 0.6) is 0 Å². The molecule has 0 bridgehead atoms. The molecule has 0 aromatic heterocycles. The average Bonchev–Trinajstić information content (AvgIpc) is 2.45. The van der Waals surface area contributed by atoms with Crippen molar-refractivity contribution in [3.05, 3.63) is 0 Å². The molecular formula is C16H28O6. The molecule has 6 heteroatoms. The van der Waals surface area contributed by atoms with Gasteiger partial charge < -0.3 is 5.11 Å². The van der Waals surface area contributed by atoms with E-state index in [-0.39, 0.29) is 13.2 Å². The van der Waals surface area contributed by atoms with Gasteiger partial charge in [-0.1, -0.05) is 44.9 Å². The third-order valence-corrected chi connectivity index (χ3v) is 4.42. The van der Waals surface area contributed by atoms with E-state index in [1.54, 1.807) is 0 Å². The van der Waals surface area contributed by atoms with Crippen LogP contribution in [0, 0.1) is 5.92 Å². The molecule has 0 atom stereocenters. The minimum absolute atomic E-state index is 0.0134. The molecule has 1 N–H and O–H groups in total. The van der Waals surface area contributed by atoms with Crippen molar-refractivity contribution in [2.24, 2.45) is 5.92 Å². The topological polar surface area (TPSA) is 74.2 Å². The summed E-state index contributed by atoms with van der Waals surface area (Å²) in [5.74, 6) is -2.62. The van der Waals surface area contributed by atoms with Gasteiger partial charge in [-0.15, -0.1) is 0 Å². The van der Waals surface area contributed by atoms with Crippen LogP contribution in [0.2, 0.25) is 0 Å². The number of hydrogen-bond donors (Lipinski definition) is 1. The second-order valence-electron chi connectivity index (χ2n) is 6.36. The van der Waals surface area contributed by atoms with Crippen molar-refractivity contribution in [1.82, 2.24) is 0 Å². The Balaban J connectivity index is 1.89. The predicted octanol–water partition coefficient (Wildman–Crippen LogP) is 3.60. The first-order valence-electron chi connectivity index (χ1n) is 8.56. The van der Waals surface area contributed by atoms with E-state index in [1.807, 2.05) is 0 Å². The Morgan fingerprint density at radius 1 is 0.773 bits per heavy atom. The minimum Gasteiger partial charge on any atom is -0.481 e. The number of hydrogen-bond acceptors (Lipinski definition) is 5. The Labute approximate surface area is 131 Å². The van der Waals surface area contributed by atoms with Crippen molar-refractivity contribution < 1.29 is 29.5 Å². The van der Waals surface area contributed by atoms with Gasteiger partial charge in [-0.25, -0.2) is 9.78 Å². The standard InChI is InChI=1S/C16H28O6/c17-15(18)14-12-19-21-16(22-20-13-14)10-8-6-4-2-1-3-5-7-9-11-16/h14H,1-13H2,(H,17,18). The molecule has 1 heterocycles. The first-order chi connectivity index (χ1) is 10.7. The molecule has 0 aromatic rings. The van der Waals surface area contributed by atoms with E-state index in [4.69, 9.17) is 24.7 Å². The van der Waals surface area contributed by atoms with Gasteiger partial charge in [-0.3, -0.25) is 4.79 Å². The molecule has 2 rings (SSSR count). The summed E-state index contributed by atoms with van der Waals surface area (Å²) >= 11 is 0. The van der Waals surface area contributed by atoms with E-state index >= 15 is 0 Å². The number of carbonyl (C=O) groups is 1. The summed E-state index contributed by atoms with van der Waals surface area (Å²) in [6.45, 7) is -0.0269. The van der Waals surface area contributed by atoms with Crippen LogP contribution in [0.4, 0.5) is 0 Å². The predicted molar refractivity (Wildman–Crippen MR) is 78.7 cm³/mol. The summed E-state index contributed by atoms with van der Waals surface area (Å²) in [5.41, 5.74) is 0. The molecule has 1 aliphatic heterocycles. The Kier molecular flexibility index (Phi) is 7.59. The van der Waals surface area contributed by atoms with Crippen molar-refractivity contribution in [1.29, 1.82) is 0 Å². The van der Waals surface area contributed by atoms with Gasteiger partial charge in [-0.2, -0.15) is 9.78 Å². The van der Waals surface area contributed by atoms with E-state index in [0.717, 1.165) is 25.7 Å². The Morgan fingerprint density at radius 3 is 1.59 bits per heavy atom. The first-order valence-corrected chi connectivity index (χ1v) is 8.56. The summed E-state index contributed by atoms with van der Waals surface area (Å²) in [6, 6.07) is 0. The summed E-state index contributed by atoms with van der Waals surface area (Å²) in [6.07, 6.45) is 12.1. The van der Waals surface area contributed by atoms with Gasteiger partial charge in [0.25, 0.3) is 0 Å². The number of aliphatic carboxylic acids is 1. The lowest BCUT2D eigenvalue weighted by molar-refractivity contribution is -0.529. The molecular weight excluding hydrogens is 288 g/mol. The maximum absolute atomic E-state index is 11.0. The van der Waals surface area contributed by atoms with Crippen molar-refractivity contribution in [3.63, 3.8) is 0 Å². The summed E-state index contributed by atoms with van der Waals surface area (Å²) in [4.78, 5) is 32.3. The smallest absolute Gasteiger partial charge is 0.311 e. The van der Waals surface area contributed by atoms with Crippen LogP contribution in [0.15, 0.2) is 0 Å². The van der Waals surface area contributed by atoms with E-state index in [0.29, 0.717) is 12.8 Å². The molecule has 1 spiro atoms. The number of carboxylic acid groups (broad SMARTS) is 1. The lowest BCUT2D eigenvalue weighted by atomic mass is 9.97. The van der Waals surface area contributed by atoms with Crippen LogP contribution in [0.25, 0.3) is 0 Å². The van der Waals surface area contributed by atoms with Gasteiger partial charge >= 0.3 is 5.97 Å². The highest BCUT2D eigenvalue weighted by Gasteiger charge is 2.37. The van der Waals surface area contributed by atoms with Crippen molar-refractivity contribution >= 4 is 5.97 Å². The fourth-order valence-electron chi connectivity index (χ4n) is 2.97. The monoisotopic (exact) mass is 316 g/mol. The molecule has 0 unspecified atom stereocenters. The summed E-state index contributed by atoms with van der Waals surface area (Å²) in [7, 11) is 0. The van der Waals surface area contributed by atoms with Crippen molar-refractivity contribution in [2.75, 3.05) is 13.2 Å². The minimum atomic E-state index is -0.971. The molecule has 2 fully saturated rings. The van der Waals surface area contributed by atoms with E-state index < -0.39 is 17.7 Å². The van der Waals surface area contributed by atoms with Gasteiger partial charge in [-0.05, 0) is 12.8 Å². The molecule has 1 aliphatic carbocycles. The molecule has 128 valence electrons. The van der Waals surface area contributed by atoms with Crippen LogP contribution in [-0.2, 0) is 24.3 Å². The van der Waals surface area contributed by atoms with Gasteiger partial charge in [0.05, 0.1) is 13.2 Å². The fourth-order valence-corrected chi connectivity index (χ4v) is 2.97. The Bertz CT molecular complexity index is 309. The highest BCUT2D eigenvalue weighted by Crippen LogP contribution is 2.31. The molecule has 1 saturated carbocycles. The zero-order chi connectivity index (χ0) is 15.7. The van der Waals surface area contributed by atoms with Crippen LogP contribution in [0.1, 0.15) is 70.6 Å². The molecule has 6 nitrogen and oxygen atoms in total. The SMILES string of the molecule is O=C(O)C1COOC2(CCCCCCCCCCC2)OOC1. The van der Waals surface area contributed by atoms with Gasteiger partial charge in [0.2, 0.25) is 5.79 Å². The second kappa shape index (κ2) is 9.45. The lowest BCUT2D eigenvalue weighted by Crippen LogP contribution is -2.41. The van der Waals surface area contributed by atoms with Crippen LogP contribution in [0.3, 0.4) is 0 Å². The summed E-state index contributed by atoms with van der Waals surface area (Å²) < 4.78 is 0. The molecule has 0 aromatic carbocycles.